The van der Waals surface area contributed by atoms with Gasteiger partial charge in [-0.1, -0.05) is 28.1 Å². The van der Waals surface area contributed by atoms with Crippen molar-refractivity contribution in [3.63, 3.8) is 0 Å². The lowest BCUT2D eigenvalue weighted by atomic mass is 9.91. The van der Waals surface area contributed by atoms with Gasteiger partial charge in [0.2, 0.25) is 5.60 Å². The van der Waals surface area contributed by atoms with Gasteiger partial charge in [0.1, 0.15) is 0 Å². The maximum Gasteiger partial charge on any atom is 0.353 e. The molecule has 0 amide bonds. The molecule has 2 rings (SSSR count). The highest BCUT2D eigenvalue weighted by atomic mass is 79.9. The first kappa shape index (κ1) is 10.2. The molecule has 0 aromatic heterocycles. The Morgan fingerprint density at radius 1 is 1.40 bits per heavy atom. The lowest BCUT2D eigenvalue weighted by Crippen LogP contribution is -2.34. The molecule has 15 heavy (non-hydrogen) atoms. The fourth-order valence-corrected chi connectivity index (χ4v) is 1.86. The van der Waals surface area contributed by atoms with E-state index in [1.165, 1.54) is 6.26 Å². The minimum Gasteiger partial charge on any atom is -0.478 e. The van der Waals surface area contributed by atoms with Crippen molar-refractivity contribution in [3.8, 4) is 0 Å². The molecule has 0 radical (unpaired) electrons. The Morgan fingerprint density at radius 2 is 2.07 bits per heavy atom. The van der Waals surface area contributed by atoms with Crippen LogP contribution < -0.4 is 0 Å². The van der Waals surface area contributed by atoms with Gasteiger partial charge in [0.05, 0.1) is 6.26 Å². The maximum atomic E-state index is 11.2. The Labute approximate surface area is 95.5 Å². The van der Waals surface area contributed by atoms with Crippen molar-refractivity contribution in [2.24, 2.45) is 0 Å². The molecule has 0 fully saturated rings. The molecular weight excluding hydrogens is 260 g/mol. The van der Waals surface area contributed by atoms with Crippen LogP contribution in [0.4, 0.5) is 0 Å². The van der Waals surface area contributed by atoms with Crippen molar-refractivity contribution in [2.45, 2.75) is 12.0 Å². The molecule has 1 N–H and O–H groups in total. The van der Waals surface area contributed by atoms with Gasteiger partial charge in [-0.15, -0.1) is 0 Å². The Morgan fingerprint density at radius 3 is 2.53 bits per heavy atom. The molecule has 0 saturated carbocycles. The van der Waals surface area contributed by atoms with E-state index in [0.717, 1.165) is 4.47 Å². The zero-order chi connectivity index (χ0) is 10.9. The summed E-state index contributed by atoms with van der Waals surface area (Å²) >= 11 is 3.30. The summed E-state index contributed by atoms with van der Waals surface area (Å²) in [5.74, 6) is -0.963. The highest BCUT2D eigenvalue weighted by Crippen LogP contribution is 2.35. The predicted molar refractivity (Wildman–Crippen MR) is 58.3 cm³/mol. The number of aliphatic carboxylic acids is 1. The summed E-state index contributed by atoms with van der Waals surface area (Å²) in [5.41, 5.74) is -0.580. The van der Waals surface area contributed by atoms with Gasteiger partial charge < -0.3 is 9.84 Å². The average molecular weight is 269 g/mol. The maximum absolute atomic E-state index is 11.2. The van der Waals surface area contributed by atoms with Crippen LogP contribution in [0.15, 0.2) is 41.1 Å². The number of benzene rings is 1. The van der Waals surface area contributed by atoms with E-state index in [2.05, 4.69) is 15.9 Å². The van der Waals surface area contributed by atoms with E-state index < -0.39 is 11.6 Å². The molecule has 1 aromatic rings. The molecule has 1 aliphatic heterocycles. The van der Waals surface area contributed by atoms with Crippen LogP contribution in [0.2, 0.25) is 0 Å². The van der Waals surface area contributed by atoms with Gasteiger partial charge in [-0.2, -0.15) is 0 Å². The molecule has 4 heteroatoms. The predicted octanol–water partition coefficient (Wildman–Crippen LogP) is 2.66. The second-order valence-corrected chi connectivity index (χ2v) is 4.25. The van der Waals surface area contributed by atoms with Crippen LogP contribution in [-0.2, 0) is 15.1 Å². The second kappa shape index (κ2) is 3.70. The third-order valence-corrected chi connectivity index (χ3v) is 2.96. The average Bonchev–Trinajstić information content (AvgIpc) is 2.69. The fraction of sp³-hybridized carbons (Fsp3) is 0.182. The third kappa shape index (κ3) is 1.65. The van der Waals surface area contributed by atoms with E-state index in [-0.39, 0.29) is 0 Å². The van der Waals surface area contributed by atoms with Gasteiger partial charge in [0.25, 0.3) is 0 Å². The third-order valence-electron chi connectivity index (χ3n) is 2.43. The molecule has 0 saturated heterocycles. The molecule has 1 unspecified atom stereocenters. The quantitative estimate of drug-likeness (QED) is 0.897. The molecular formula is C11H9BrO3. The van der Waals surface area contributed by atoms with Crippen LogP contribution in [-0.4, -0.2) is 11.1 Å². The van der Waals surface area contributed by atoms with Crippen molar-refractivity contribution in [3.05, 3.63) is 46.6 Å². The highest BCUT2D eigenvalue weighted by molar-refractivity contribution is 9.10. The Hall–Kier alpha value is -1.29. The summed E-state index contributed by atoms with van der Waals surface area (Å²) < 4.78 is 6.15. The Bertz CT molecular complexity index is 400. The summed E-state index contributed by atoms with van der Waals surface area (Å²) in [6.45, 7) is 0. The number of carboxylic acid groups (broad SMARTS) is 1. The summed E-state index contributed by atoms with van der Waals surface area (Å²) in [5, 5.41) is 9.21. The molecule has 78 valence electrons. The monoisotopic (exact) mass is 268 g/mol. The lowest BCUT2D eigenvalue weighted by Gasteiger charge is -2.24. The largest absolute Gasteiger partial charge is 0.478 e. The van der Waals surface area contributed by atoms with Gasteiger partial charge in [-0.25, -0.2) is 4.79 Å². The van der Waals surface area contributed by atoms with E-state index in [0.29, 0.717) is 12.0 Å². The summed E-state index contributed by atoms with van der Waals surface area (Å²) in [6, 6.07) is 7.12. The van der Waals surface area contributed by atoms with Crippen LogP contribution in [0.5, 0.6) is 0 Å². The molecule has 1 atom stereocenters. The second-order valence-electron chi connectivity index (χ2n) is 3.33. The number of hydrogen-bond acceptors (Lipinski definition) is 2. The van der Waals surface area contributed by atoms with Crippen LogP contribution >= 0.6 is 15.9 Å². The Balaban J connectivity index is 2.42. The van der Waals surface area contributed by atoms with Crippen LogP contribution in [0.25, 0.3) is 0 Å². The lowest BCUT2D eigenvalue weighted by molar-refractivity contribution is -0.158. The number of ether oxygens (including phenoxy) is 1. The number of carbonyl (C=O) groups is 1. The SMILES string of the molecule is O=C(O)C1(c2ccc(Br)cc2)CC=CO1. The molecule has 0 bridgehead atoms. The number of rotatable bonds is 2. The normalized spacial score (nSPS) is 23.8. The number of hydrogen-bond donors (Lipinski definition) is 1. The fourth-order valence-electron chi connectivity index (χ4n) is 1.59. The first-order valence-corrected chi connectivity index (χ1v) is 5.27. The van der Waals surface area contributed by atoms with Crippen molar-refractivity contribution < 1.29 is 14.6 Å². The first-order valence-electron chi connectivity index (χ1n) is 4.47. The summed E-state index contributed by atoms with van der Waals surface area (Å²) in [6.07, 6.45) is 3.52. The number of carboxylic acids is 1. The van der Waals surface area contributed by atoms with E-state index in [4.69, 9.17) is 4.74 Å². The molecule has 3 nitrogen and oxygen atoms in total. The van der Waals surface area contributed by atoms with Gasteiger partial charge in [-0.3, -0.25) is 0 Å². The van der Waals surface area contributed by atoms with Gasteiger partial charge in [-0.05, 0) is 18.2 Å². The van der Waals surface area contributed by atoms with Gasteiger partial charge >= 0.3 is 5.97 Å². The Kier molecular flexibility index (Phi) is 2.52. The topological polar surface area (TPSA) is 46.5 Å². The van der Waals surface area contributed by atoms with Crippen molar-refractivity contribution >= 4 is 21.9 Å². The van der Waals surface area contributed by atoms with E-state index in [1.807, 2.05) is 12.1 Å². The standard InChI is InChI=1S/C11H9BrO3/c12-9-4-2-8(3-5-9)11(10(13)14)6-1-7-15-11/h1-5,7H,6H2,(H,13,14). The van der Waals surface area contributed by atoms with E-state index in [9.17, 15) is 9.90 Å². The van der Waals surface area contributed by atoms with Crippen LogP contribution in [0, 0.1) is 0 Å². The van der Waals surface area contributed by atoms with Gasteiger partial charge in [0, 0.05) is 16.5 Å². The van der Waals surface area contributed by atoms with Crippen molar-refractivity contribution in [1.82, 2.24) is 0 Å². The zero-order valence-corrected chi connectivity index (χ0v) is 9.40. The van der Waals surface area contributed by atoms with Crippen molar-refractivity contribution in [1.29, 1.82) is 0 Å². The smallest absolute Gasteiger partial charge is 0.353 e. The number of halogens is 1. The van der Waals surface area contributed by atoms with E-state index >= 15 is 0 Å². The van der Waals surface area contributed by atoms with Gasteiger partial charge in [0.15, 0.2) is 0 Å². The summed E-state index contributed by atoms with van der Waals surface area (Å²) in [4.78, 5) is 11.2. The molecule has 1 aliphatic rings. The van der Waals surface area contributed by atoms with Crippen molar-refractivity contribution in [2.75, 3.05) is 0 Å². The highest BCUT2D eigenvalue weighted by Gasteiger charge is 2.43. The molecule has 0 aliphatic carbocycles. The first-order chi connectivity index (χ1) is 7.15. The molecule has 1 aromatic carbocycles. The molecule has 0 spiro atoms. The summed E-state index contributed by atoms with van der Waals surface area (Å²) in [7, 11) is 0. The zero-order valence-electron chi connectivity index (χ0n) is 7.81. The van der Waals surface area contributed by atoms with E-state index in [1.54, 1.807) is 18.2 Å². The minimum atomic E-state index is -1.24. The van der Waals surface area contributed by atoms with Crippen LogP contribution in [0.3, 0.4) is 0 Å². The minimum absolute atomic E-state index is 0.365. The molecule has 1 heterocycles. The van der Waals surface area contributed by atoms with Crippen LogP contribution in [0.1, 0.15) is 12.0 Å².